The normalized spacial score (nSPS) is 12.9. The van der Waals surface area contributed by atoms with Gasteiger partial charge >= 0.3 is 0 Å². The molecule has 0 unspecified atom stereocenters. The molecule has 0 aliphatic heterocycles. The standard InChI is InChI=1S/C13H20N2/c1-10(14)15-9-11-5-7-12(8-6-11)13(2,3)4/h5-8H,9H2,1-4H3,(H2,14,15). The summed E-state index contributed by atoms with van der Waals surface area (Å²) in [6.07, 6.45) is 0. The minimum Gasteiger partial charge on any atom is -0.388 e. The number of hydrogen-bond donors (Lipinski definition) is 1. The number of benzene rings is 1. The highest BCUT2D eigenvalue weighted by Gasteiger charge is 2.12. The minimum atomic E-state index is 0.214. The Morgan fingerprint density at radius 1 is 1.20 bits per heavy atom. The molecule has 0 fully saturated rings. The van der Waals surface area contributed by atoms with Gasteiger partial charge in [0.25, 0.3) is 0 Å². The molecule has 0 spiro atoms. The lowest BCUT2D eigenvalue weighted by atomic mass is 9.87. The summed E-state index contributed by atoms with van der Waals surface area (Å²) in [7, 11) is 0. The molecule has 15 heavy (non-hydrogen) atoms. The van der Waals surface area contributed by atoms with Crippen LogP contribution in [0.1, 0.15) is 38.8 Å². The van der Waals surface area contributed by atoms with Gasteiger partial charge in [-0.25, -0.2) is 0 Å². The zero-order chi connectivity index (χ0) is 11.5. The van der Waals surface area contributed by atoms with Crippen LogP contribution < -0.4 is 5.73 Å². The van der Waals surface area contributed by atoms with E-state index in [0.717, 1.165) is 0 Å². The van der Waals surface area contributed by atoms with E-state index in [4.69, 9.17) is 5.73 Å². The van der Waals surface area contributed by atoms with Gasteiger partial charge in [-0.1, -0.05) is 45.0 Å². The zero-order valence-electron chi connectivity index (χ0n) is 10.0. The first-order valence-electron chi connectivity index (χ1n) is 5.25. The van der Waals surface area contributed by atoms with Crippen molar-refractivity contribution in [2.75, 3.05) is 0 Å². The summed E-state index contributed by atoms with van der Waals surface area (Å²) < 4.78 is 0. The molecule has 0 amide bonds. The fourth-order valence-electron chi connectivity index (χ4n) is 1.33. The van der Waals surface area contributed by atoms with Gasteiger partial charge in [0.1, 0.15) is 0 Å². The van der Waals surface area contributed by atoms with E-state index in [2.05, 4.69) is 50.0 Å². The molecule has 0 bridgehead atoms. The number of aliphatic imine (C=N–C) groups is 1. The van der Waals surface area contributed by atoms with Crippen LogP contribution in [0.25, 0.3) is 0 Å². The van der Waals surface area contributed by atoms with Crippen LogP contribution in [0.3, 0.4) is 0 Å². The molecule has 0 aliphatic carbocycles. The monoisotopic (exact) mass is 204 g/mol. The molecule has 0 atom stereocenters. The van der Waals surface area contributed by atoms with Crippen LogP contribution in [0.4, 0.5) is 0 Å². The van der Waals surface area contributed by atoms with Crippen LogP contribution in [0.15, 0.2) is 29.3 Å². The lowest BCUT2D eigenvalue weighted by Crippen LogP contribution is -2.10. The third-order valence-electron chi connectivity index (χ3n) is 2.33. The Bertz CT molecular complexity index is 338. The summed E-state index contributed by atoms with van der Waals surface area (Å²) in [5.41, 5.74) is 8.25. The highest BCUT2D eigenvalue weighted by Crippen LogP contribution is 2.22. The lowest BCUT2D eigenvalue weighted by molar-refractivity contribution is 0.590. The van der Waals surface area contributed by atoms with Crippen molar-refractivity contribution in [1.29, 1.82) is 0 Å². The summed E-state index contributed by atoms with van der Waals surface area (Å²) >= 11 is 0. The maximum Gasteiger partial charge on any atom is 0.0909 e. The molecule has 82 valence electrons. The first-order valence-corrected chi connectivity index (χ1v) is 5.25. The molecule has 0 radical (unpaired) electrons. The van der Waals surface area contributed by atoms with Gasteiger partial charge in [0.2, 0.25) is 0 Å². The van der Waals surface area contributed by atoms with E-state index in [9.17, 15) is 0 Å². The lowest BCUT2D eigenvalue weighted by Gasteiger charge is -2.18. The maximum atomic E-state index is 5.49. The van der Waals surface area contributed by atoms with Crippen LogP contribution in [0.2, 0.25) is 0 Å². The van der Waals surface area contributed by atoms with Crippen LogP contribution in [-0.4, -0.2) is 5.84 Å². The summed E-state index contributed by atoms with van der Waals surface area (Å²) in [6.45, 7) is 9.12. The quantitative estimate of drug-likeness (QED) is 0.584. The predicted octanol–water partition coefficient (Wildman–Crippen LogP) is 2.86. The van der Waals surface area contributed by atoms with E-state index >= 15 is 0 Å². The average molecular weight is 204 g/mol. The average Bonchev–Trinajstić information content (AvgIpc) is 2.14. The first-order chi connectivity index (χ1) is 6.89. The Morgan fingerprint density at radius 3 is 2.13 bits per heavy atom. The van der Waals surface area contributed by atoms with Crippen molar-refractivity contribution >= 4 is 5.84 Å². The minimum absolute atomic E-state index is 0.214. The Balaban J connectivity index is 2.77. The van der Waals surface area contributed by atoms with E-state index in [1.165, 1.54) is 11.1 Å². The largest absolute Gasteiger partial charge is 0.388 e. The van der Waals surface area contributed by atoms with Crippen LogP contribution in [-0.2, 0) is 12.0 Å². The van der Waals surface area contributed by atoms with Gasteiger partial charge in [-0.15, -0.1) is 0 Å². The van der Waals surface area contributed by atoms with Crippen LogP contribution >= 0.6 is 0 Å². The highest BCUT2D eigenvalue weighted by atomic mass is 14.8. The molecular formula is C13H20N2. The van der Waals surface area contributed by atoms with Gasteiger partial charge in [0.05, 0.1) is 12.4 Å². The van der Waals surface area contributed by atoms with Crippen molar-refractivity contribution in [3.63, 3.8) is 0 Å². The number of rotatable bonds is 2. The first kappa shape index (κ1) is 11.8. The van der Waals surface area contributed by atoms with Crippen molar-refractivity contribution in [2.45, 2.75) is 39.7 Å². The molecule has 2 nitrogen and oxygen atoms in total. The van der Waals surface area contributed by atoms with Gasteiger partial charge in [0, 0.05) is 0 Å². The molecule has 0 heterocycles. The number of amidine groups is 1. The third kappa shape index (κ3) is 3.74. The van der Waals surface area contributed by atoms with Gasteiger partial charge in [-0.2, -0.15) is 0 Å². The van der Waals surface area contributed by atoms with E-state index in [0.29, 0.717) is 12.4 Å². The number of nitrogens with zero attached hydrogens (tertiary/aromatic N) is 1. The predicted molar refractivity (Wildman–Crippen MR) is 66.1 cm³/mol. The third-order valence-corrected chi connectivity index (χ3v) is 2.33. The summed E-state index contributed by atoms with van der Waals surface area (Å²) in [5, 5.41) is 0. The molecule has 1 aromatic rings. The molecule has 1 aromatic carbocycles. The molecule has 2 heteroatoms. The number of nitrogens with two attached hydrogens (primary N) is 1. The molecule has 0 saturated carbocycles. The van der Waals surface area contributed by atoms with Crippen molar-refractivity contribution < 1.29 is 0 Å². The van der Waals surface area contributed by atoms with Crippen molar-refractivity contribution in [2.24, 2.45) is 10.7 Å². The van der Waals surface area contributed by atoms with Gasteiger partial charge < -0.3 is 5.73 Å². The van der Waals surface area contributed by atoms with E-state index in [1.54, 1.807) is 0 Å². The maximum absolute atomic E-state index is 5.49. The van der Waals surface area contributed by atoms with Crippen LogP contribution in [0, 0.1) is 0 Å². The topological polar surface area (TPSA) is 38.4 Å². The van der Waals surface area contributed by atoms with E-state index in [1.807, 2.05) is 6.92 Å². The van der Waals surface area contributed by atoms with E-state index < -0.39 is 0 Å². The Morgan fingerprint density at radius 2 is 1.73 bits per heavy atom. The Kier molecular flexibility index (Phi) is 3.51. The second-order valence-corrected chi connectivity index (χ2v) is 4.90. The Labute approximate surface area is 92.2 Å². The highest BCUT2D eigenvalue weighted by molar-refractivity contribution is 5.77. The smallest absolute Gasteiger partial charge is 0.0909 e. The van der Waals surface area contributed by atoms with Gasteiger partial charge in [-0.05, 0) is 23.5 Å². The second kappa shape index (κ2) is 4.47. The molecule has 0 aliphatic rings. The van der Waals surface area contributed by atoms with Crippen molar-refractivity contribution in [3.05, 3.63) is 35.4 Å². The molecule has 2 N–H and O–H groups in total. The number of hydrogen-bond acceptors (Lipinski definition) is 1. The zero-order valence-corrected chi connectivity index (χ0v) is 10.0. The molecule has 1 rings (SSSR count). The SMILES string of the molecule is CC(N)=NCc1ccc(C(C)(C)C)cc1. The fourth-order valence-corrected chi connectivity index (χ4v) is 1.33. The van der Waals surface area contributed by atoms with E-state index in [-0.39, 0.29) is 5.41 Å². The second-order valence-electron chi connectivity index (χ2n) is 4.90. The van der Waals surface area contributed by atoms with Crippen molar-refractivity contribution in [1.82, 2.24) is 0 Å². The summed E-state index contributed by atoms with van der Waals surface area (Å²) in [5.74, 6) is 0.634. The van der Waals surface area contributed by atoms with Gasteiger partial charge in [-0.3, -0.25) is 4.99 Å². The van der Waals surface area contributed by atoms with Crippen molar-refractivity contribution in [3.8, 4) is 0 Å². The summed E-state index contributed by atoms with van der Waals surface area (Å²) in [4.78, 5) is 4.18. The van der Waals surface area contributed by atoms with Gasteiger partial charge in [0.15, 0.2) is 0 Å². The van der Waals surface area contributed by atoms with Crippen LogP contribution in [0.5, 0.6) is 0 Å². The summed E-state index contributed by atoms with van der Waals surface area (Å²) in [6, 6.07) is 8.56. The fraction of sp³-hybridized carbons (Fsp3) is 0.462. The Hall–Kier alpha value is -1.31. The molecule has 0 aromatic heterocycles. The molecule has 0 saturated heterocycles. The molecular weight excluding hydrogens is 184 g/mol.